The van der Waals surface area contributed by atoms with E-state index < -0.39 is 0 Å². The lowest BCUT2D eigenvalue weighted by molar-refractivity contribution is -0.133. The third kappa shape index (κ3) is 5.14. The average Bonchev–Trinajstić information content (AvgIpc) is 2.70. The van der Waals surface area contributed by atoms with Gasteiger partial charge < -0.3 is 9.47 Å². The Balaban J connectivity index is 1.80. The second-order valence-corrected chi connectivity index (χ2v) is 6.45. The molecule has 0 unspecified atom stereocenters. The number of hydrogen-bond donors (Lipinski definition) is 0. The fourth-order valence-corrected chi connectivity index (χ4v) is 2.88. The topological polar surface area (TPSA) is 55.2 Å². The molecule has 0 saturated heterocycles. The number of hydrogen-bond acceptors (Lipinski definition) is 3. The summed E-state index contributed by atoms with van der Waals surface area (Å²) in [5, 5.41) is 0. The zero-order valence-corrected chi connectivity index (χ0v) is 15.4. The zero-order chi connectivity index (χ0) is 19.1. The third-order valence-corrected chi connectivity index (χ3v) is 4.46. The maximum atomic E-state index is 12.9. The first-order valence-corrected chi connectivity index (χ1v) is 9.05. The molecule has 0 atom stereocenters. The van der Waals surface area contributed by atoms with Gasteiger partial charge in [-0.05, 0) is 35.2 Å². The van der Waals surface area contributed by atoms with Crippen molar-refractivity contribution in [2.75, 3.05) is 0 Å². The molecule has 3 aromatic rings. The van der Waals surface area contributed by atoms with E-state index in [2.05, 4.69) is 36.2 Å². The van der Waals surface area contributed by atoms with Crippen molar-refractivity contribution < 1.29 is 4.79 Å². The lowest BCUT2D eigenvalue weighted by atomic mass is 10.1. The predicted octanol–water partition coefficient (Wildman–Crippen LogP) is 3.03. The van der Waals surface area contributed by atoms with Gasteiger partial charge in [-0.15, -0.1) is 0 Å². The van der Waals surface area contributed by atoms with Crippen molar-refractivity contribution in [3.63, 3.8) is 0 Å². The maximum Gasteiger partial charge on any atom is 0.250 e. The number of aromatic nitrogens is 2. The van der Waals surface area contributed by atoms with E-state index in [4.69, 9.17) is 0 Å². The molecule has 0 aliphatic rings. The lowest BCUT2D eigenvalue weighted by Gasteiger charge is -2.23. The summed E-state index contributed by atoms with van der Waals surface area (Å²) in [6, 6.07) is 17.0. The Labute approximate surface area is 158 Å². The van der Waals surface area contributed by atoms with Crippen molar-refractivity contribution >= 4 is 5.91 Å². The highest BCUT2D eigenvalue weighted by atomic mass is 16.2. The van der Waals surface area contributed by atoms with Gasteiger partial charge in [-0.3, -0.25) is 14.6 Å². The summed E-state index contributed by atoms with van der Waals surface area (Å²) in [5.74, 6) is -0.105. The molecule has 3 rings (SSSR count). The normalized spacial score (nSPS) is 10.6. The van der Waals surface area contributed by atoms with E-state index in [0.29, 0.717) is 13.1 Å². The molecule has 138 valence electrons. The van der Waals surface area contributed by atoms with Crippen LogP contribution in [0, 0.1) is 0 Å². The lowest BCUT2D eigenvalue weighted by Crippen LogP contribution is -2.35. The first-order valence-electron chi connectivity index (χ1n) is 9.05. The van der Waals surface area contributed by atoms with Gasteiger partial charge in [0.05, 0.1) is 0 Å². The molecule has 2 aromatic heterocycles. The molecule has 0 N–H and O–H groups in total. The molecule has 27 heavy (non-hydrogen) atoms. The second kappa shape index (κ2) is 8.94. The van der Waals surface area contributed by atoms with Gasteiger partial charge in [-0.25, -0.2) is 0 Å². The molecule has 5 nitrogen and oxygen atoms in total. The van der Waals surface area contributed by atoms with Gasteiger partial charge in [0, 0.05) is 37.7 Å². The van der Waals surface area contributed by atoms with Crippen LogP contribution in [0.1, 0.15) is 23.6 Å². The van der Waals surface area contributed by atoms with E-state index in [1.54, 1.807) is 35.6 Å². The van der Waals surface area contributed by atoms with Crippen LogP contribution in [0.4, 0.5) is 0 Å². The molecular formula is C22H23N3O2. The maximum absolute atomic E-state index is 12.9. The number of benzene rings is 1. The molecular weight excluding hydrogens is 338 g/mol. The van der Waals surface area contributed by atoms with Crippen molar-refractivity contribution in [2.45, 2.75) is 33.0 Å². The average molecular weight is 361 g/mol. The summed E-state index contributed by atoms with van der Waals surface area (Å²) in [6.07, 6.45) is 6.09. The number of nitrogens with zero attached hydrogens (tertiary/aromatic N) is 3. The van der Waals surface area contributed by atoms with E-state index in [9.17, 15) is 9.59 Å². The van der Waals surface area contributed by atoms with Crippen LogP contribution in [0.5, 0.6) is 0 Å². The summed E-state index contributed by atoms with van der Waals surface area (Å²) in [6.45, 7) is 3.07. The predicted molar refractivity (Wildman–Crippen MR) is 105 cm³/mol. The molecule has 0 radical (unpaired) electrons. The summed E-state index contributed by atoms with van der Waals surface area (Å²) in [5.41, 5.74) is 3.10. The number of rotatable bonds is 7. The zero-order valence-electron chi connectivity index (χ0n) is 15.4. The van der Waals surface area contributed by atoms with E-state index in [0.717, 1.165) is 17.5 Å². The van der Waals surface area contributed by atoms with E-state index in [-0.39, 0.29) is 18.0 Å². The van der Waals surface area contributed by atoms with Crippen LogP contribution in [0.3, 0.4) is 0 Å². The fraction of sp³-hybridized carbons (Fsp3) is 0.227. The quantitative estimate of drug-likeness (QED) is 0.650. The second-order valence-electron chi connectivity index (χ2n) is 6.45. The van der Waals surface area contributed by atoms with Crippen molar-refractivity contribution in [3.8, 4) is 0 Å². The van der Waals surface area contributed by atoms with Crippen LogP contribution >= 0.6 is 0 Å². The standard InChI is InChI=1S/C22H23N3O2/c1-2-18-8-10-19(11-9-18)15-25(16-20-6-5-12-23-14-20)22(27)17-24-13-4-3-7-21(24)26/h3-14H,2,15-17H2,1H3. The Bertz CT molecular complexity index is 934. The Morgan fingerprint density at radius 3 is 2.37 bits per heavy atom. The molecule has 2 heterocycles. The van der Waals surface area contributed by atoms with Crippen LogP contribution in [-0.4, -0.2) is 20.4 Å². The minimum absolute atomic E-state index is 0.0208. The molecule has 0 fully saturated rings. The molecule has 0 bridgehead atoms. The van der Waals surface area contributed by atoms with Crippen molar-refractivity contribution in [3.05, 3.63) is 100 Å². The first-order chi connectivity index (χ1) is 13.2. The van der Waals surface area contributed by atoms with Gasteiger partial charge in [0.1, 0.15) is 6.54 Å². The fourth-order valence-electron chi connectivity index (χ4n) is 2.88. The van der Waals surface area contributed by atoms with Crippen LogP contribution in [0.15, 0.2) is 78.0 Å². The summed E-state index contributed by atoms with van der Waals surface area (Å²) >= 11 is 0. The van der Waals surface area contributed by atoms with Gasteiger partial charge in [0.25, 0.3) is 5.56 Å². The first kappa shape index (κ1) is 18.6. The van der Waals surface area contributed by atoms with Crippen molar-refractivity contribution in [1.82, 2.24) is 14.5 Å². The molecule has 1 aromatic carbocycles. The molecule has 0 spiro atoms. The molecule has 1 amide bonds. The monoisotopic (exact) mass is 361 g/mol. The van der Waals surface area contributed by atoms with Crippen molar-refractivity contribution in [1.29, 1.82) is 0 Å². The molecule has 0 aliphatic carbocycles. The van der Waals surface area contributed by atoms with E-state index in [1.807, 2.05) is 12.1 Å². The smallest absolute Gasteiger partial charge is 0.250 e. The van der Waals surface area contributed by atoms with Gasteiger partial charge in [-0.1, -0.05) is 43.3 Å². The Kier molecular flexibility index (Phi) is 6.15. The van der Waals surface area contributed by atoms with Gasteiger partial charge >= 0.3 is 0 Å². The van der Waals surface area contributed by atoms with Crippen molar-refractivity contribution in [2.24, 2.45) is 0 Å². The number of pyridine rings is 2. The van der Waals surface area contributed by atoms with E-state index in [1.165, 1.54) is 16.2 Å². The third-order valence-electron chi connectivity index (χ3n) is 4.46. The Morgan fingerprint density at radius 2 is 1.70 bits per heavy atom. The molecule has 0 saturated carbocycles. The van der Waals surface area contributed by atoms with Crippen LogP contribution in [-0.2, 0) is 30.8 Å². The van der Waals surface area contributed by atoms with E-state index >= 15 is 0 Å². The number of aryl methyl sites for hydroxylation is 1. The summed E-state index contributed by atoms with van der Waals surface area (Å²) < 4.78 is 1.43. The SMILES string of the molecule is CCc1ccc(CN(Cc2cccnc2)C(=O)Cn2ccccc2=O)cc1. The highest BCUT2D eigenvalue weighted by Crippen LogP contribution is 2.12. The minimum Gasteiger partial charge on any atom is -0.332 e. The summed E-state index contributed by atoms with van der Waals surface area (Å²) in [7, 11) is 0. The van der Waals surface area contributed by atoms with Crippen LogP contribution in [0.25, 0.3) is 0 Å². The van der Waals surface area contributed by atoms with Gasteiger partial charge in [0.15, 0.2) is 0 Å². The Hall–Kier alpha value is -3.21. The molecule has 0 aliphatic heterocycles. The highest BCUT2D eigenvalue weighted by Gasteiger charge is 2.16. The van der Waals surface area contributed by atoms with Crippen LogP contribution < -0.4 is 5.56 Å². The number of carbonyl (C=O) groups excluding carboxylic acids is 1. The largest absolute Gasteiger partial charge is 0.332 e. The van der Waals surface area contributed by atoms with Gasteiger partial charge in [-0.2, -0.15) is 0 Å². The molecule has 5 heteroatoms. The highest BCUT2D eigenvalue weighted by molar-refractivity contribution is 5.76. The van der Waals surface area contributed by atoms with Crippen LogP contribution in [0.2, 0.25) is 0 Å². The number of carbonyl (C=O) groups is 1. The Morgan fingerprint density at radius 1 is 0.963 bits per heavy atom. The summed E-state index contributed by atoms with van der Waals surface area (Å²) in [4.78, 5) is 30.8. The number of amides is 1. The minimum atomic E-state index is -0.181. The van der Waals surface area contributed by atoms with Gasteiger partial charge in [0.2, 0.25) is 5.91 Å².